The normalized spacial score (nSPS) is 10.3. The molecule has 0 unspecified atom stereocenters. The number of carbonyl (C=O) groups excluding carboxylic acids is 1. The minimum absolute atomic E-state index is 0.00863. The van der Waals surface area contributed by atoms with E-state index in [0.29, 0.717) is 0 Å². The first-order chi connectivity index (χ1) is 9.47. The van der Waals surface area contributed by atoms with Crippen LogP contribution in [-0.4, -0.2) is 27.9 Å². The first-order valence-corrected chi connectivity index (χ1v) is 6.19. The molecule has 1 N–H and O–H groups in total. The van der Waals surface area contributed by atoms with E-state index in [1.54, 1.807) is 31.3 Å². The molecule has 2 aromatic rings. The molecule has 104 valence electrons. The Labute approximate surface area is 120 Å². The molecule has 20 heavy (non-hydrogen) atoms. The first-order valence-electron chi connectivity index (χ1n) is 5.82. The minimum Gasteiger partial charge on any atom is -0.508 e. The highest BCUT2D eigenvalue weighted by Gasteiger charge is 2.17. The molecule has 1 aromatic carbocycles. The third-order valence-electron chi connectivity index (χ3n) is 2.71. The van der Waals surface area contributed by atoms with Crippen LogP contribution in [0.15, 0.2) is 36.5 Å². The van der Waals surface area contributed by atoms with Crippen molar-refractivity contribution in [3.63, 3.8) is 0 Å². The molecule has 0 aliphatic rings. The van der Waals surface area contributed by atoms with Gasteiger partial charge < -0.3 is 10.0 Å². The summed E-state index contributed by atoms with van der Waals surface area (Å²) in [7, 11) is 1.56. The predicted octanol–water partition coefficient (Wildman–Crippen LogP) is 2.85. The second kappa shape index (κ2) is 5.88. The zero-order valence-corrected chi connectivity index (χ0v) is 11.4. The van der Waals surface area contributed by atoms with Gasteiger partial charge in [-0.25, -0.2) is 9.37 Å². The molecule has 0 bridgehead atoms. The molecular weight excluding hydrogens is 283 g/mol. The second-order valence-corrected chi connectivity index (χ2v) is 4.68. The zero-order chi connectivity index (χ0) is 14.7. The molecule has 0 fully saturated rings. The number of rotatable bonds is 3. The fourth-order valence-electron chi connectivity index (χ4n) is 1.78. The van der Waals surface area contributed by atoms with E-state index in [4.69, 9.17) is 11.6 Å². The van der Waals surface area contributed by atoms with E-state index in [1.807, 2.05) is 0 Å². The van der Waals surface area contributed by atoms with Gasteiger partial charge >= 0.3 is 0 Å². The number of hydrogen-bond donors (Lipinski definition) is 1. The Morgan fingerprint density at radius 2 is 2.20 bits per heavy atom. The molecule has 2 rings (SSSR count). The number of aromatic nitrogens is 1. The quantitative estimate of drug-likeness (QED) is 0.886. The molecule has 0 saturated carbocycles. The van der Waals surface area contributed by atoms with Crippen LogP contribution in [0, 0.1) is 5.82 Å². The van der Waals surface area contributed by atoms with Gasteiger partial charge in [0.05, 0.1) is 11.8 Å². The molecule has 1 amide bonds. The zero-order valence-electron chi connectivity index (χ0n) is 10.7. The van der Waals surface area contributed by atoms with E-state index >= 15 is 0 Å². The van der Waals surface area contributed by atoms with Crippen molar-refractivity contribution < 1.29 is 14.3 Å². The van der Waals surface area contributed by atoms with E-state index in [2.05, 4.69) is 4.98 Å². The standard InChI is InChI=1S/C14H12ClFN2O2/c1-18(8-9-3-2-4-11(19)5-9)14(20)12-6-10(16)7-17-13(12)15/h2-7,19H,8H2,1H3. The summed E-state index contributed by atoms with van der Waals surface area (Å²) in [5, 5.41) is 9.34. The number of hydrogen-bond acceptors (Lipinski definition) is 3. The van der Waals surface area contributed by atoms with Crippen LogP contribution in [0.25, 0.3) is 0 Å². The van der Waals surface area contributed by atoms with E-state index in [1.165, 1.54) is 4.90 Å². The van der Waals surface area contributed by atoms with Crippen LogP contribution in [0.2, 0.25) is 5.15 Å². The minimum atomic E-state index is -0.622. The highest BCUT2D eigenvalue weighted by atomic mass is 35.5. The molecule has 6 heteroatoms. The van der Waals surface area contributed by atoms with Crippen molar-refractivity contribution in [2.45, 2.75) is 6.54 Å². The van der Waals surface area contributed by atoms with Crippen molar-refractivity contribution in [2.24, 2.45) is 0 Å². The van der Waals surface area contributed by atoms with Crippen LogP contribution in [0.5, 0.6) is 5.75 Å². The molecule has 0 atom stereocenters. The van der Waals surface area contributed by atoms with Crippen molar-refractivity contribution in [3.05, 3.63) is 58.6 Å². The van der Waals surface area contributed by atoms with Crippen molar-refractivity contribution in [1.29, 1.82) is 0 Å². The number of nitrogens with zero attached hydrogens (tertiary/aromatic N) is 2. The highest BCUT2D eigenvalue weighted by molar-refractivity contribution is 6.32. The Kier molecular flexibility index (Phi) is 4.20. The van der Waals surface area contributed by atoms with Crippen molar-refractivity contribution in [3.8, 4) is 5.75 Å². The Morgan fingerprint density at radius 3 is 2.90 bits per heavy atom. The molecule has 0 aliphatic carbocycles. The summed E-state index contributed by atoms with van der Waals surface area (Å²) in [6.45, 7) is 0.264. The summed E-state index contributed by atoms with van der Waals surface area (Å²) < 4.78 is 13.1. The Morgan fingerprint density at radius 1 is 1.45 bits per heavy atom. The Bertz CT molecular complexity index is 649. The van der Waals surface area contributed by atoms with Crippen molar-refractivity contribution in [2.75, 3.05) is 7.05 Å². The summed E-state index contributed by atoms with van der Waals surface area (Å²) in [4.78, 5) is 17.2. The monoisotopic (exact) mass is 294 g/mol. The highest BCUT2D eigenvalue weighted by Crippen LogP contribution is 2.18. The third kappa shape index (κ3) is 3.24. The van der Waals surface area contributed by atoms with Gasteiger partial charge in [-0.1, -0.05) is 23.7 Å². The number of phenols is 1. The van der Waals surface area contributed by atoms with Gasteiger partial charge in [0.2, 0.25) is 0 Å². The summed E-state index contributed by atoms with van der Waals surface area (Å²) in [5.41, 5.74) is 0.760. The molecule has 4 nitrogen and oxygen atoms in total. The topological polar surface area (TPSA) is 53.4 Å². The molecule has 1 aromatic heterocycles. The molecule has 0 saturated heterocycles. The summed E-state index contributed by atoms with van der Waals surface area (Å²) in [6, 6.07) is 7.60. The molecule has 0 radical (unpaired) electrons. The summed E-state index contributed by atoms with van der Waals surface area (Å²) in [6.07, 6.45) is 0.953. The lowest BCUT2D eigenvalue weighted by atomic mass is 10.2. The Balaban J connectivity index is 2.18. The number of phenolic OH excluding ortho intramolecular Hbond substituents is 1. The number of pyridine rings is 1. The Hall–Kier alpha value is -2.14. The lowest BCUT2D eigenvalue weighted by Crippen LogP contribution is -2.26. The van der Waals surface area contributed by atoms with Gasteiger partial charge in [-0.05, 0) is 23.8 Å². The largest absolute Gasteiger partial charge is 0.508 e. The average Bonchev–Trinajstić information content (AvgIpc) is 2.40. The van der Waals surface area contributed by atoms with Crippen molar-refractivity contribution >= 4 is 17.5 Å². The van der Waals surface area contributed by atoms with E-state index < -0.39 is 11.7 Å². The molecule has 1 heterocycles. The van der Waals surface area contributed by atoms with Gasteiger partial charge in [0.25, 0.3) is 5.91 Å². The second-order valence-electron chi connectivity index (χ2n) is 4.32. The van der Waals surface area contributed by atoms with Crippen LogP contribution in [0.4, 0.5) is 4.39 Å². The molecule has 0 aliphatic heterocycles. The third-order valence-corrected chi connectivity index (χ3v) is 3.01. The van der Waals surface area contributed by atoms with Gasteiger partial charge in [0.15, 0.2) is 0 Å². The average molecular weight is 295 g/mol. The van der Waals surface area contributed by atoms with Gasteiger partial charge in [0.1, 0.15) is 16.7 Å². The number of carbonyl (C=O) groups is 1. The predicted molar refractivity (Wildman–Crippen MR) is 73.1 cm³/mol. The number of benzene rings is 1. The summed E-state index contributed by atoms with van der Waals surface area (Å²) in [5.74, 6) is -0.942. The number of amides is 1. The smallest absolute Gasteiger partial charge is 0.257 e. The fraction of sp³-hybridized carbons (Fsp3) is 0.143. The van der Waals surface area contributed by atoms with Gasteiger partial charge in [-0.2, -0.15) is 0 Å². The van der Waals surface area contributed by atoms with E-state index in [9.17, 15) is 14.3 Å². The van der Waals surface area contributed by atoms with Crippen molar-refractivity contribution in [1.82, 2.24) is 9.88 Å². The maximum atomic E-state index is 13.1. The van der Waals surface area contributed by atoms with Gasteiger partial charge in [0, 0.05) is 13.6 Å². The van der Waals surface area contributed by atoms with Crippen LogP contribution in [0.3, 0.4) is 0 Å². The van der Waals surface area contributed by atoms with E-state index in [0.717, 1.165) is 17.8 Å². The number of halogens is 2. The molecule has 0 spiro atoms. The SMILES string of the molecule is CN(Cc1cccc(O)c1)C(=O)c1cc(F)cnc1Cl. The van der Waals surface area contributed by atoms with Crippen LogP contribution in [-0.2, 0) is 6.54 Å². The first kappa shape index (κ1) is 14.3. The molecular formula is C14H12ClFN2O2. The van der Waals surface area contributed by atoms with Crippen LogP contribution < -0.4 is 0 Å². The van der Waals surface area contributed by atoms with E-state index in [-0.39, 0.29) is 23.0 Å². The lowest BCUT2D eigenvalue weighted by Gasteiger charge is -2.17. The number of aromatic hydroxyl groups is 1. The maximum Gasteiger partial charge on any atom is 0.257 e. The van der Waals surface area contributed by atoms with Gasteiger partial charge in [-0.3, -0.25) is 4.79 Å². The fourth-order valence-corrected chi connectivity index (χ4v) is 1.96. The van der Waals surface area contributed by atoms with Crippen LogP contribution in [0.1, 0.15) is 15.9 Å². The lowest BCUT2D eigenvalue weighted by molar-refractivity contribution is 0.0784. The van der Waals surface area contributed by atoms with Crippen LogP contribution >= 0.6 is 11.6 Å². The van der Waals surface area contributed by atoms with Gasteiger partial charge in [-0.15, -0.1) is 0 Å². The maximum absolute atomic E-state index is 13.1. The summed E-state index contributed by atoms with van der Waals surface area (Å²) >= 11 is 5.80.